The van der Waals surface area contributed by atoms with Crippen LogP contribution in [0.15, 0.2) is 35.5 Å². The van der Waals surface area contributed by atoms with E-state index in [4.69, 9.17) is 0 Å². The molecule has 4 heteroatoms. The number of carbonyl (C=O) groups is 3. The maximum Gasteiger partial charge on any atom is 0.210 e. The van der Waals surface area contributed by atoms with Gasteiger partial charge in [0.15, 0.2) is 5.78 Å². The van der Waals surface area contributed by atoms with Crippen LogP contribution in [0.2, 0.25) is 0 Å². The van der Waals surface area contributed by atoms with Crippen LogP contribution in [0, 0.1) is 5.92 Å². The fourth-order valence-electron chi connectivity index (χ4n) is 2.87. The largest absolute Gasteiger partial charge is 0.370 e. The highest BCUT2D eigenvalue weighted by molar-refractivity contribution is 6.28. The molecule has 1 aliphatic heterocycles. The van der Waals surface area contributed by atoms with Gasteiger partial charge in [0.2, 0.25) is 5.78 Å². The molecule has 1 atom stereocenters. The lowest BCUT2D eigenvalue weighted by atomic mass is 9.82. The van der Waals surface area contributed by atoms with E-state index in [-0.39, 0.29) is 17.3 Å². The number of rotatable bonds is 1. The van der Waals surface area contributed by atoms with Crippen LogP contribution in [0.1, 0.15) is 27.6 Å². The first-order valence-corrected chi connectivity index (χ1v) is 6.16. The number of allylic oxidation sites excluding steroid dienone is 1. The lowest BCUT2D eigenvalue weighted by Crippen LogP contribution is -2.26. The number of Topliss-reactive ketones (excluding diaryl/α,β-unsaturated/α-hetero) is 3. The molecule has 1 aromatic rings. The van der Waals surface area contributed by atoms with Crippen LogP contribution in [0.25, 0.3) is 0 Å². The molecule has 0 spiro atoms. The minimum absolute atomic E-state index is 0.0719. The molecule has 0 saturated carbocycles. The van der Waals surface area contributed by atoms with Crippen LogP contribution in [0.4, 0.5) is 0 Å². The molecule has 0 amide bonds. The van der Waals surface area contributed by atoms with E-state index in [1.165, 1.54) is 6.92 Å². The monoisotopic (exact) mass is 255 g/mol. The van der Waals surface area contributed by atoms with Crippen LogP contribution in [0.3, 0.4) is 0 Å². The molecule has 0 bridgehead atoms. The minimum Gasteiger partial charge on any atom is -0.370 e. The first-order chi connectivity index (χ1) is 9.02. The summed E-state index contributed by atoms with van der Waals surface area (Å²) in [6, 6.07) is 6.78. The number of nitrogens with zero attached hydrogens (tertiary/aromatic N) is 1. The topological polar surface area (TPSA) is 54.5 Å². The third-order valence-electron chi connectivity index (χ3n) is 3.81. The minimum atomic E-state index is -0.482. The number of fused-ring (bicyclic) bond motifs is 1. The van der Waals surface area contributed by atoms with Gasteiger partial charge in [-0.3, -0.25) is 14.4 Å². The second-order valence-corrected chi connectivity index (χ2v) is 5.01. The molecule has 4 nitrogen and oxygen atoms in total. The van der Waals surface area contributed by atoms with Crippen LogP contribution in [0.5, 0.6) is 0 Å². The van der Waals surface area contributed by atoms with Crippen molar-refractivity contribution in [3.8, 4) is 0 Å². The Morgan fingerprint density at radius 2 is 1.74 bits per heavy atom. The standard InChI is InChI=1S/C15H13NO3/c1-8(17)11-7-16(2)13-12(11)14(18)9-5-3-4-6-10(9)15(13)19/h3-6,11H,7H2,1-2H3. The van der Waals surface area contributed by atoms with Crippen molar-refractivity contribution in [3.05, 3.63) is 46.7 Å². The van der Waals surface area contributed by atoms with Crippen LogP contribution in [-0.2, 0) is 4.79 Å². The average molecular weight is 255 g/mol. The zero-order chi connectivity index (χ0) is 13.7. The molecule has 2 aliphatic rings. The maximum atomic E-state index is 12.5. The van der Waals surface area contributed by atoms with Crippen molar-refractivity contribution < 1.29 is 14.4 Å². The van der Waals surface area contributed by atoms with Crippen LogP contribution >= 0.6 is 0 Å². The molecule has 3 rings (SSSR count). The number of ketones is 3. The van der Waals surface area contributed by atoms with Crippen molar-refractivity contribution in [2.24, 2.45) is 5.92 Å². The first-order valence-electron chi connectivity index (χ1n) is 6.16. The van der Waals surface area contributed by atoms with Crippen molar-refractivity contribution in [2.45, 2.75) is 6.92 Å². The fourth-order valence-corrected chi connectivity index (χ4v) is 2.87. The predicted octanol–water partition coefficient (Wildman–Crippen LogP) is 1.47. The maximum absolute atomic E-state index is 12.5. The Hall–Kier alpha value is -2.23. The summed E-state index contributed by atoms with van der Waals surface area (Å²) in [5, 5.41) is 0. The van der Waals surface area contributed by atoms with E-state index < -0.39 is 5.92 Å². The fraction of sp³-hybridized carbons (Fsp3) is 0.267. The van der Waals surface area contributed by atoms with E-state index in [9.17, 15) is 14.4 Å². The quantitative estimate of drug-likeness (QED) is 0.762. The summed E-state index contributed by atoms with van der Waals surface area (Å²) >= 11 is 0. The van der Waals surface area contributed by atoms with E-state index in [1.54, 1.807) is 36.2 Å². The Morgan fingerprint density at radius 1 is 1.16 bits per heavy atom. The van der Waals surface area contributed by atoms with Crippen molar-refractivity contribution in [2.75, 3.05) is 13.6 Å². The summed E-state index contributed by atoms with van der Waals surface area (Å²) in [4.78, 5) is 38.4. The molecule has 0 fully saturated rings. The Balaban J connectivity index is 2.24. The summed E-state index contributed by atoms with van der Waals surface area (Å²) < 4.78 is 0. The molecule has 1 unspecified atom stereocenters. The van der Waals surface area contributed by atoms with Gasteiger partial charge in [-0.05, 0) is 6.92 Å². The molecule has 1 heterocycles. The third kappa shape index (κ3) is 1.49. The highest BCUT2D eigenvalue weighted by atomic mass is 16.1. The van der Waals surface area contributed by atoms with Crippen molar-refractivity contribution >= 4 is 17.3 Å². The molecule has 0 N–H and O–H groups in total. The van der Waals surface area contributed by atoms with Gasteiger partial charge >= 0.3 is 0 Å². The Kier molecular flexibility index (Phi) is 2.42. The van der Waals surface area contributed by atoms with E-state index in [1.807, 2.05) is 0 Å². The Labute approximate surface area is 110 Å². The molecular weight excluding hydrogens is 242 g/mol. The molecule has 0 saturated heterocycles. The number of carbonyl (C=O) groups excluding carboxylic acids is 3. The van der Waals surface area contributed by atoms with Crippen LogP contribution in [-0.4, -0.2) is 35.8 Å². The lowest BCUT2D eigenvalue weighted by Gasteiger charge is -2.20. The zero-order valence-corrected chi connectivity index (χ0v) is 10.8. The van der Waals surface area contributed by atoms with Crippen LogP contribution < -0.4 is 0 Å². The summed E-state index contributed by atoms with van der Waals surface area (Å²) in [5.74, 6) is -0.895. The van der Waals surface area contributed by atoms with Crippen molar-refractivity contribution in [1.29, 1.82) is 0 Å². The smallest absolute Gasteiger partial charge is 0.210 e. The Bertz CT molecular complexity index is 657. The highest BCUT2D eigenvalue weighted by Gasteiger charge is 2.43. The first kappa shape index (κ1) is 11.8. The van der Waals surface area contributed by atoms with Gasteiger partial charge in [0.25, 0.3) is 0 Å². The molecule has 19 heavy (non-hydrogen) atoms. The summed E-state index contributed by atoms with van der Waals surface area (Å²) in [5.41, 5.74) is 1.61. The second-order valence-electron chi connectivity index (χ2n) is 5.01. The number of hydrogen-bond donors (Lipinski definition) is 0. The number of likely N-dealkylation sites (N-methyl/N-ethyl adjacent to an activating group) is 1. The molecule has 0 aromatic heterocycles. The lowest BCUT2D eigenvalue weighted by molar-refractivity contribution is -0.119. The van der Waals surface area contributed by atoms with Crippen molar-refractivity contribution in [1.82, 2.24) is 4.90 Å². The Morgan fingerprint density at radius 3 is 2.32 bits per heavy atom. The summed E-state index contributed by atoms with van der Waals surface area (Å²) in [6.07, 6.45) is 0. The normalized spacial score (nSPS) is 21.6. The predicted molar refractivity (Wildman–Crippen MR) is 68.9 cm³/mol. The van der Waals surface area contributed by atoms with E-state index in [2.05, 4.69) is 0 Å². The summed E-state index contributed by atoms with van der Waals surface area (Å²) in [6.45, 7) is 1.87. The van der Waals surface area contributed by atoms with Gasteiger partial charge < -0.3 is 4.90 Å². The van der Waals surface area contributed by atoms with Gasteiger partial charge in [-0.25, -0.2) is 0 Å². The van der Waals surface area contributed by atoms with Gasteiger partial charge in [-0.15, -0.1) is 0 Å². The molecule has 1 aromatic carbocycles. The zero-order valence-electron chi connectivity index (χ0n) is 10.8. The van der Waals surface area contributed by atoms with Gasteiger partial charge in [0.1, 0.15) is 5.78 Å². The highest BCUT2D eigenvalue weighted by Crippen LogP contribution is 2.37. The SMILES string of the molecule is CC(=O)C1CN(C)C2=C1C(=O)c1ccccc1C2=O. The second kappa shape index (κ2) is 3.88. The average Bonchev–Trinajstić information content (AvgIpc) is 2.74. The van der Waals surface area contributed by atoms with Gasteiger partial charge in [-0.2, -0.15) is 0 Å². The number of benzene rings is 1. The van der Waals surface area contributed by atoms with E-state index >= 15 is 0 Å². The molecule has 1 aliphatic carbocycles. The van der Waals surface area contributed by atoms with E-state index in [0.29, 0.717) is 28.9 Å². The van der Waals surface area contributed by atoms with Crippen molar-refractivity contribution in [3.63, 3.8) is 0 Å². The van der Waals surface area contributed by atoms with Gasteiger partial charge in [0.05, 0.1) is 11.6 Å². The summed E-state index contributed by atoms with van der Waals surface area (Å²) in [7, 11) is 1.75. The molecule has 96 valence electrons. The number of hydrogen-bond acceptors (Lipinski definition) is 4. The molecular formula is C15H13NO3. The van der Waals surface area contributed by atoms with Gasteiger partial charge in [0, 0.05) is 30.3 Å². The van der Waals surface area contributed by atoms with Gasteiger partial charge in [-0.1, -0.05) is 24.3 Å². The molecule has 0 radical (unpaired) electrons. The van der Waals surface area contributed by atoms with E-state index in [0.717, 1.165) is 0 Å². The third-order valence-corrected chi connectivity index (χ3v) is 3.81.